The van der Waals surface area contributed by atoms with Gasteiger partial charge in [0, 0.05) is 5.54 Å². The maximum atomic E-state index is 3.61. The third-order valence-corrected chi connectivity index (χ3v) is 2.79. The highest BCUT2D eigenvalue weighted by Crippen LogP contribution is 2.30. The zero-order valence-electron chi connectivity index (χ0n) is 8.45. The molecule has 2 N–H and O–H groups in total. The third-order valence-electron chi connectivity index (χ3n) is 2.79. The molecule has 1 saturated carbocycles. The van der Waals surface area contributed by atoms with E-state index in [1.54, 1.807) is 0 Å². The van der Waals surface area contributed by atoms with Crippen LogP contribution in [-0.4, -0.2) is 25.2 Å². The van der Waals surface area contributed by atoms with Gasteiger partial charge in [-0.15, -0.1) is 0 Å². The molecule has 1 fully saturated rings. The second-order valence-electron chi connectivity index (χ2n) is 4.05. The minimum atomic E-state index is 0.492. The van der Waals surface area contributed by atoms with Gasteiger partial charge in [-0.1, -0.05) is 6.92 Å². The van der Waals surface area contributed by atoms with E-state index in [-0.39, 0.29) is 0 Å². The molecular formula is C10H22N2. The van der Waals surface area contributed by atoms with Crippen molar-refractivity contribution >= 4 is 0 Å². The molecule has 0 aromatic heterocycles. The van der Waals surface area contributed by atoms with E-state index in [1.165, 1.54) is 32.2 Å². The van der Waals surface area contributed by atoms with Crippen molar-refractivity contribution in [3.63, 3.8) is 0 Å². The highest BCUT2D eigenvalue weighted by molar-refractivity contribution is 4.91. The Morgan fingerprint density at radius 3 is 2.50 bits per heavy atom. The summed E-state index contributed by atoms with van der Waals surface area (Å²) in [6.07, 6.45) is 5.41. The van der Waals surface area contributed by atoms with Gasteiger partial charge in [0.15, 0.2) is 0 Å². The molecule has 1 rings (SSSR count). The number of hydrogen-bond donors (Lipinski definition) is 2. The van der Waals surface area contributed by atoms with Crippen LogP contribution in [0.5, 0.6) is 0 Å². The second kappa shape index (κ2) is 4.83. The lowest BCUT2D eigenvalue weighted by molar-refractivity contribution is 0.209. The molecule has 2 nitrogen and oxygen atoms in total. The fourth-order valence-electron chi connectivity index (χ4n) is 1.66. The van der Waals surface area contributed by atoms with Crippen LogP contribution in [-0.2, 0) is 0 Å². The minimum Gasteiger partial charge on any atom is -0.317 e. The van der Waals surface area contributed by atoms with Gasteiger partial charge in [-0.2, -0.15) is 0 Å². The Labute approximate surface area is 76.1 Å². The standard InChI is InChI=1S/C10H22N2/c1-3-11-8-5-9-12-10(2)6-4-7-10/h11-12H,3-9H2,1-2H3. The SMILES string of the molecule is CCNCCCNC1(C)CCC1. The summed E-state index contributed by atoms with van der Waals surface area (Å²) in [6.45, 7) is 7.91. The van der Waals surface area contributed by atoms with E-state index in [1.807, 2.05) is 0 Å². The minimum absolute atomic E-state index is 0.492. The Kier molecular flexibility index (Phi) is 4.02. The fourth-order valence-corrected chi connectivity index (χ4v) is 1.66. The molecule has 72 valence electrons. The predicted molar refractivity (Wildman–Crippen MR) is 53.4 cm³/mol. The first-order valence-electron chi connectivity index (χ1n) is 5.22. The summed E-state index contributed by atoms with van der Waals surface area (Å²) in [4.78, 5) is 0. The van der Waals surface area contributed by atoms with Gasteiger partial charge in [0.2, 0.25) is 0 Å². The summed E-state index contributed by atoms with van der Waals surface area (Å²) in [6, 6.07) is 0. The van der Waals surface area contributed by atoms with Crippen LogP contribution in [0.1, 0.15) is 39.5 Å². The van der Waals surface area contributed by atoms with Gasteiger partial charge in [0.1, 0.15) is 0 Å². The molecule has 0 aromatic carbocycles. The molecule has 0 aromatic rings. The Morgan fingerprint density at radius 2 is 2.00 bits per heavy atom. The molecule has 0 amide bonds. The zero-order chi connectivity index (χ0) is 8.86. The van der Waals surface area contributed by atoms with Crippen LogP contribution in [0.3, 0.4) is 0 Å². The molecule has 0 spiro atoms. The summed E-state index contributed by atoms with van der Waals surface area (Å²) in [7, 11) is 0. The monoisotopic (exact) mass is 170 g/mol. The molecule has 0 bridgehead atoms. The molecule has 0 heterocycles. The molecule has 0 atom stereocenters. The van der Waals surface area contributed by atoms with E-state index >= 15 is 0 Å². The van der Waals surface area contributed by atoms with Crippen molar-refractivity contribution < 1.29 is 0 Å². The Balaban J connectivity index is 1.88. The average molecular weight is 170 g/mol. The largest absolute Gasteiger partial charge is 0.317 e. The van der Waals surface area contributed by atoms with E-state index in [4.69, 9.17) is 0 Å². The summed E-state index contributed by atoms with van der Waals surface area (Å²) >= 11 is 0. The summed E-state index contributed by atoms with van der Waals surface area (Å²) in [5.74, 6) is 0. The summed E-state index contributed by atoms with van der Waals surface area (Å²) in [5.41, 5.74) is 0.492. The van der Waals surface area contributed by atoms with Gasteiger partial charge in [-0.3, -0.25) is 0 Å². The summed E-state index contributed by atoms with van der Waals surface area (Å²) in [5, 5.41) is 6.94. The first kappa shape index (κ1) is 10.0. The molecule has 1 aliphatic carbocycles. The van der Waals surface area contributed by atoms with Crippen molar-refractivity contribution in [3.8, 4) is 0 Å². The quantitative estimate of drug-likeness (QED) is 0.591. The topological polar surface area (TPSA) is 24.1 Å². The highest BCUT2D eigenvalue weighted by atomic mass is 15.0. The van der Waals surface area contributed by atoms with Crippen LogP contribution in [0.15, 0.2) is 0 Å². The lowest BCUT2D eigenvalue weighted by atomic mass is 9.78. The Bertz CT molecular complexity index is 119. The molecule has 2 heteroatoms. The number of hydrogen-bond acceptors (Lipinski definition) is 2. The van der Waals surface area contributed by atoms with E-state index in [2.05, 4.69) is 24.5 Å². The molecule has 0 aliphatic heterocycles. The lowest BCUT2D eigenvalue weighted by Gasteiger charge is -2.39. The van der Waals surface area contributed by atoms with Gasteiger partial charge >= 0.3 is 0 Å². The summed E-state index contributed by atoms with van der Waals surface area (Å²) < 4.78 is 0. The van der Waals surface area contributed by atoms with Gasteiger partial charge < -0.3 is 10.6 Å². The Hall–Kier alpha value is -0.0800. The highest BCUT2D eigenvalue weighted by Gasteiger charge is 2.30. The molecular weight excluding hydrogens is 148 g/mol. The normalized spacial score (nSPS) is 20.5. The zero-order valence-corrected chi connectivity index (χ0v) is 8.45. The van der Waals surface area contributed by atoms with Crippen molar-refractivity contribution in [2.24, 2.45) is 0 Å². The number of nitrogens with one attached hydrogen (secondary N) is 2. The van der Waals surface area contributed by atoms with E-state index in [0.29, 0.717) is 5.54 Å². The van der Waals surface area contributed by atoms with Crippen molar-refractivity contribution in [2.75, 3.05) is 19.6 Å². The van der Waals surface area contributed by atoms with Crippen molar-refractivity contribution in [3.05, 3.63) is 0 Å². The van der Waals surface area contributed by atoms with Gasteiger partial charge in [0.25, 0.3) is 0 Å². The van der Waals surface area contributed by atoms with Crippen LogP contribution in [0.25, 0.3) is 0 Å². The second-order valence-corrected chi connectivity index (χ2v) is 4.05. The van der Waals surface area contributed by atoms with Gasteiger partial charge in [-0.25, -0.2) is 0 Å². The van der Waals surface area contributed by atoms with Crippen LogP contribution in [0, 0.1) is 0 Å². The van der Waals surface area contributed by atoms with E-state index in [0.717, 1.165) is 13.1 Å². The molecule has 0 radical (unpaired) electrons. The maximum Gasteiger partial charge on any atom is 0.0153 e. The molecule has 1 aliphatic rings. The lowest BCUT2D eigenvalue weighted by Crippen LogP contribution is -2.48. The average Bonchev–Trinajstić information content (AvgIpc) is 2.01. The van der Waals surface area contributed by atoms with Crippen molar-refractivity contribution in [2.45, 2.75) is 45.1 Å². The molecule has 0 saturated heterocycles. The fraction of sp³-hybridized carbons (Fsp3) is 1.00. The smallest absolute Gasteiger partial charge is 0.0153 e. The molecule has 0 unspecified atom stereocenters. The van der Waals surface area contributed by atoms with Gasteiger partial charge in [-0.05, 0) is 52.2 Å². The van der Waals surface area contributed by atoms with Crippen LogP contribution >= 0.6 is 0 Å². The first-order valence-corrected chi connectivity index (χ1v) is 5.22. The van der Waals surface area contributed by atoms with Crippen LogP contribution < -0.4 is 10.6 Å². The first-order chi connectivity index (χ1) is 5.77. The van der Waals surface area contributed by atoms with E-state index < -0.39 is 0 Å². The van der Waals surface area contributed by atoms with Crippen molar-refractivity contribution in [1.82, 2.24) is 10.6 Å². The van der Waals surface area contributed by atoms with Crippen molar-refractivity contribution in [1.29, 1.82) is 0 Å². The number of rotatable bonds is 6. The molecule has 12 heavy (non-hydrogen) atoms. The Morgan fingerprint density at radius 1 is 1.25 bits per heavy atom. The predicted octanol–water partition coefficient (Wildman–Crippen LogP) is 1.52. The van der Waals surface area contributed by atoms with Crippen LogP contribution in [0.2, 0.25) is 0 Å². The van der Waals surface area contributed by atoms with E-state index in [9.17, 15) is 0 Å². The maximum absolute atomic E-state index is 3.61. The van der Waals surface area contributed by atoms with Gasteiger partial charge in [0.05, 0.1) is 0 Å². The van der Waals surface area contributed by atoms with Crippen LogP contribution in [0.4, 0.5) is 0 Å². The third kappa shape index (κ3) is 3.11.